The zero-order chi connectivity index (χ0) is 22.5. The minimum Gasteiger partial charge on any atom is -0.454 e. The van der Waals surface area contributed by atoms with Gasteiger partial charge in [0.2, 0.25) is 12.7 Å². The average Bonchev–Trinajstić information content (AvgIpc) is 3.42. The van der Waals surface area contributed by atoms with Gasteiger partial charge in [0.1, 0.15) is 5.75 Å². The van der Waals surface area contributed by atoms with Gasteiger partial charge in [-0.3, -0.25) is 9.79 Å². The first-order valence-electron chi connectivity index (χ1n) is 10.2. The lowest BCUT2D eigenvalue weighted by molar-refractivity contribution is -0.117. The Morgan fingerprint density at radius 2 is 1.85 bits per heavy atom. The van der Waals surface area contributed by atoms with Crippen molar-refractivity contribution in [3.63, 3.8) is 0 Å². The number of hydrogen-bond donors (Lipinski definition) is 2. The van der Waals surface area contributed by atoms with Gasteiger partial charge in [0, 0.05) is 50.4 Å². The Morgan fingerprint density at radius 3 is 2.48 bits per heavy atom. The van der Waals surface area contributed by atoms with E-state index in [2.05, 4.69) is 20.4 Å². The van der Waals surface area contributed by atoms with E-state index in [1.807, 2.05) is 24.3 Å². The van der Waals surface area contributed by atoms with E-state index in [9.17, 15) is 13.6 Å². The number of nitrogens with zero attached hydrogens (tertiary/aromatic N) is 2. The van der Waals surface area contributed by atoms with Crippen LogP contribution >= 0.6 is 24.0 Å². The van der Waals surface area contributed by atoms with Crippen molar-refractivity contribution >= 4 is 41.5 Å². The minimum atomic E-state index is -2.95. The number of benzene rings is 2. The molecule has 1 fully saturated rings. The number of carbonyl (C=O) groups excluding carboxylic acids is 1. The molecule has 11 heteroatoms. The highest BCUT2D eigenvalue weighted by molar-refractivity contribution is 14.0. The second kappa shape index (κ2) is 11.3. The number of alkyl halides is 2. The number of halogens is 3. The number of nitrogens with one attached hydrogen (secondary N) is 2. The van der Waals surface area contributed by atoms with Crippen LogP contribution in [0.1, 0.15) is 24.0 Å². The summed E-state index contributed by atoms with van der Waals surface area (Å²) in [7, 11) is 1.62. The third-order valence-corrected chi connectivity index (χ3v) is 5.22. The van der Waals surface area contributed by atoms with Crippen LogP contribution in [0.5, 0.6) is 17.2 Å². The van der Waals surface area contributed by atoms with Crippen molar-refractivity contribution in [2.45, 2.75) is 32.5 Å². The molecule has 0 aliphatic carbocycles. The van der Waals surface area contributed by atoms with Crippen LogP contribution in [-0.2, 0) is 17.9 Å². The number of guanidine groups is 1. The van der Waals surface area contributed by atoms with Crippen molar-refractivity contribution in [1.82, 2.24) is 10.6 Å². The van der Waals surface area contributed by atoms with Crippen LogP contribution in [-0.4, -0.2) is 38.9 Å². The molecule has 178 valence electrons. The molecule has 2 aliphatic rings. The zero-order valence-electron chi connectivity index (χ0n) is 18.0. The van der Waals surface area contributed by atoms with Crippen LogP contribution < -0.4 is 29.7 Å². The first-order valence-corrected chi connectivity index (χ1v) is 10.2. The Hall–Kier alpha value is -2.83. The summed E-state index contributed by atoms with van der Waals surface area (Å²) < 4.78 is 40.8. The Balaban J connectivity index is 0.00000306. The third kappa shape index (κ3) is 6.15. The van der Waals surface area contributed by atoms with Gasteiger partial charge in [0.25, 0.3) is 0 Å². The molecule has 0 bridgehead atoms. The molecule has 1 saturated heterocycles. The van der Waals surface area contributed by atoms with Gasteiger partial charge in [0.05, 0.1) is 0 Å². The summed E-state index contributed by atoms with van der Waals surface area (Å²) in [6, 6.07) is 10.8. The Bertz CT molecular complexity index is 1000. The molecule has 0 saturated carbocycles. The smallest absolute Gasteiger partial charge is 0.387 e. The van der Waals surface area contributed by atoms with Crippen LogP contribution in [0.3, 0.4) is 0 Å². The molecule has 0 aromatic heterocycles. The van der Waals surface area contributed by atoms with Gasteiger partial charge in [-0.25, -0.2) is 0 Å². The molecule has 2 N–H and O–H groups in total. The summed E-state index contributed by atoms with van der Waals surface area (Å²) in [6.45, 7) is -1.48. The zero-order valence-corrected chi connectivity index (χ0v) is 20.3. The van der Waals surface area contributed by atoms with Crippen molar-refractivity contribution in [1.29, 1.82) is 0 Å². The predicted octanol–water partition coefficient (Wildman–Crippen LogP) is 3.63. The maximum absolute atomic E-state index is 12.8. The molecule has 0 atom stereocenters. The number of amides is 1. The van der Waals surface area contributed by atoms with Gasteiger partial charge in [-0.1, -0.05) is 12.1 Å². The van der Waals surface area contributed by atoms with Crippen LogP contribution in [0.4, 0.5) is 14.5 Å². The van der Waals surface area contributed by atoms with Crippen molar-refractivity contribution in [3.8, 4) is 17.2 Å². The molecular weight excluding hydrogens is 549 g/mol. The summed E-state index contributed by atoms with van der Waals surface area (Å²) in [4.78, 5) is 17.8. The van der Waals surface area contributed by atoms with Crippen LogP contribution in [0, 0.1) is 0 Å². The number of hydrogen-bond acceptors (Lipinski definition) is 5. The molecule has 2 aliphatic heterocycles. The minimum absolute atomic E-state index is 0. The standard InChI is InChI=1S/C22H24F2N4O4.HI/c1-25-22(26-11-14-4-6-16(7-5-14)28-8-2-3-20(28)29)27-12-15-9-18-19(31-13-30-18)10-17(15)32-21(23)24;/h4-7,9-10,21H,2-3,8,11-13H2,1H3,(H2,25,26,27);1H. The number of fused-ring (bicyclic) bond motifs is 1. The predicted molar refractivity (Wildman–Crippen MR) is 130 cm³/mol. The number of aliphatic imine (C=N–C) groups is 1. The van der Waals surface area contributed by atoms with E-state index in [0.717, 1.165) is 24.2 Å². The van der Waals surface area contributed by atoms with Crippen LogP contribution in [0.25, 0.3) is 0 Å². The molecule has 4 rings (SSSR count). The molecule has 8 nitrogen and oxygen atoms in total. The maximum atomic E-state index is 12.8. The molecule has 1 amide bonds. The lowest BCUT2D eigenvalue weighted by Gasteiger charge is -2.17. The van der Waals surface area contributed by atoms with E-state index in [1.165, 1.54) is 6.07 Å². The molecule has 2 aromatic rings. The van der Waals surface area contributed by atoms with Crippen LogP contribution in [0.2, 0.25) is 0 Å². The molecule has 0 unspecified atom stereocenters. The third-order valence-electron chi connectivity index (χ3n) is 5.22. The highest BCUT2D eigenvalue weighted by atomic mass is 127. The Labute approximate surface area is 207 Å². The summed E-state index contributed by atoms with van der Waals surface area (Å²) in [6.07, 6.45) is 1.48. The van der Waals surface area contributed by atoms with Gasteiger partial charge in [-0.05, 0) is 30.2 Å². The highest BCUT2D eigenvalue weighted by Gasteiger charge is 2.22. The normalized spacial score (nSPS) is 15.0. The highest BCUT2D eigenvalue weighted by Crippen LogP contribution is 2.38. The quantitative estimate of drug-likeness (QED) is 0.299. The van der Waals surface area contributed by atoms with Gasteiger partial charge in [0.15, 0.2) is 17.5 Å². The molecule has 0 radical (unpaired) electrons. The lowest BCUT2D eigenvalue weighted by Crippen LogP contribution is -2.36. The van der Waals surface area contributed by atoms with Crippen molar-refractivity contribution in [2.24, 2.45) is 4.99 Å². The first kappa shape index (κ1) is 24.8. The summed E-state index contributed by atoms with van der Waals surface area (Å²) in [5, 5.41) is 6.27. The molecular formula is C22H25F2IN4O4. The van der Waals surface area contributed by atoms with Crippen molar-refractivity contribution in [2.75, 3.05) is 25.3 Å². The second-order valence-corrected chi connectivity index (χ2v) is 7.29. The van der Waals surface area contributed by atoms with E-state index < -0.39 is 6.61 Å². The van der Waals surface area contributed by atoms with E-state index >= 15 is 0 Å². The monoisotopic (exact) mass is 574 g/mol. The van der Waals surface area contributed by atoms with Crippen molar-refractivity contribution in [3.05, 3.63) is 47.5 Å². The van der Waals surface area contributed by atoms with Gasteiger partial charge in [-0.2, -0.15) is 8.78 Å². The summed E-state index contributed by atoms with van der Waals surface area (Å²) >= 11 is 0. The van der Waals surface area contributed by atoms with Crippen molar-refractivity contribution < 1.29 is 27.8 Å². The molecule has 33 heavy (non-hydrogen) atoms. The molecule has 2 heterocycles. The Morgan fingerprint density at radius 1 is 1.15 bits per heavy atom. The van der Waals surface area contributed by atoms with Gasteiger partial charge < -0.3 is 29.7 Å². The maximum Gasteiger partial charge on any atom is 0.387 e. The van der Waals surface area contributed by atoms with Gasteiger partial charge >= 0.3 is 6.61 Å². The number of rotatable bonds is 7. The fourth-order valence-electron chi connectivity index (χ4n) is 3.61. The van der Waals surface area contributed by atoms with E-state index in [-0.39, 0.29) is 49.0 Å². The largest absolute Gasteiger partial charge is 0.454 e. The van der Waals surface area contributed by atoms with E-state index in [4.69, 9.17) is 9.47 Å². The number of anilines is 1. The molecule has 0 spiro atoms. The number of carbonyl (C=O) groups is 1. The topological polar surface area (TPSA) is 84.4 Å². The average molecular weight is 574 g/mol. The fourth-order valence-corrected chi connectivity index (χ4v) is 3.61. The SMILES string of the molecule is CN=C(NCc1ccc(N2CCCC2=O)cc1)NCc1cc2c(cc1OC(F)F)OCO2.I. The fraction of sp³-hybridized carbons (Fsp3) is 0.364. The van der Waals surface area contributed by atoms with Gasteiger partial charge in [-0.15, -0.1) is 24.0 Å². The number of ether oxygens (including phenoxy) is 3. The second-order valence-electron chi connectivity index (χ2n) is 7.29. The first-order chi connectivity index (χ1) is 15.5. The van der Waals surface area contributed by atoms with E-state index in [1.54, 1.807) is 18.0 Å². The Kier molecular flexibility index (Phi) is 8.53. The van der Waals surface area contributed by atoms with E-state index in [0.29, 0.717) is 36.0 Å². The summed E-state index contributed by atoms with van der Waals surface area (Å²) in [5.41, 5.74) is 2.39. The molecule has 2 aromatic carbocycles. The van der Waals surface area contributed by atoms with Crippen LogP contribution in [0.15, 0.2) is 41.4 Å². The summed E-state index contributed by atoms with van der Waals surface area (Å²) in [5.74, 6) is 1.50. The lowest BCUT2D eigenvalue weighted by atomic mass is 10.1.